The minimum atomic E-state index is -4.69. The largest absolute Gasteiger partial charge is 0.573 e. The molecule has 0 spiro atoms. The van der Waals surface area contributed by atoms with Gasteiger partial charge in [-0.2, -0.15) is 0 Å². The topological polar surface area (TPSA) is 56.3 Å². The van der Waals surface area contributed by atoms with Crippen LogP contribution < -0.4 is 10.1 Å². The molecule has 1 aliphatic rings. The van der Waals surface area contributed by atoms with E-state index in [0.29, 0.717) is 10.8 Å². The molecule has 1 N–H and O–H groups in total. The predicted octanol–water partition coefficient (Wildman–Crippen LogP) is 4.45. The lowest BCUT2D eigenvalue weighted by molar-refractivity contribution is -0.274. The van der Waals surface area contributed by atoms with Gasteiger partial charge in [0.15, 0.2) is 4.34 Å². The average Bonchev–Trinajstić information content (AvgIpc) is 3.17. The number of hydrogen-bond donors (Lipinski definition) is 1. The molecule has 0 unspecified atom stereocenters. The molecule has 0 amide bonds. The zero-order valence-corrected chi connectivity index (χ0v) is 14.0. The smallest absolute Gasteiger partial charge is 0.406 e. The number of aromatic nitrogens is 2. The van der Waals surface area contributed by atoms with Gasteiger partial charge in [-0.1, -0.05) is 23.1 Å². The van der Waals surface area contributed by atoms with E-state index >= 15 is 0 Å². The summed E-state index contributed by atoms with van der Waals surface area (Å²) in [4.78, 5) is 0. The Hall–Kier alpha value is -1.52. The summed E-state index contributed by atoms with van der Waals surface area (Å²) in [7, 11) is 0. The van der Waals surface area contributed by atoms with Crippen molar-refractivity contribution in [2.24, 2.45) is 0 Å². The van der Waals surface area contributed by atoms with E-state index in [1.807, 2.05) is 0 Å². The molecule has 24 heavy (non-hydrogen) atoms. The van der Waals surface area contributed by atoms with E-state index in [4.69, 9.17) is 4.74 Å². The standard InChI is InChI=1S/C14H14F3N3O2S2/c15-14(16,17)22-10-5-3-9(4-6-10)18-12-19-20-13(24-12)23-8-11-2-1-7-21-11/h3-6,11H,1-2,7-8H2,(H,18,19)/t11-/m0/s1. The number of rotatable bonds is 6. The molecule has 0 saturated carbocycles. The summed E-state index contributed by atoms with van der Waals surface area (Å²) in [5, 5.41) is 11.7. The molecular formula is C14H14F3N3O2S2. The molecule has 0 radical (unpaired) electrons. The third-order valence-electron chi connectivity index (χ3n) is 3.16. The van der Waals surface area contributed by atoms with Crippen LogP contribution >= 0.6 is 23.1 Å². The Balaban J connectivity index is 1.52. The van der Waals surface area contributed by atoms with Crippen molar-refractivity contribution in [1.29, 1.82) is 0 Å². The Morgan fingerprint density at radius 1 is 1.29 bits per heavy atom. The number of alkyl halides is 3. The van der Waals surface area contributed by atoms with E-state index in [-0.39, 0.29) is 11.9 Å². The SMILES string of the molecule is FC(F)(F)Oc1ccc(Nc2nnc(SC[C@@H]3CCCO3)s2)cc1. The van der Waals surface area contributed by atoms with Crippen LogP contribution in [0, 0.1) is 0 Å². The Morgan fingerprint density at radius 3 is 2.75 bits per heavy atom. The fourth-order valence-corrected chi connectivity index (χ4v) is 3.99. The van der Waals surface area contributed by atoms with Crippen molar-refractivity contribution in [3.05, 3.63) is 24.3 Å². The van der Waals surface area contributed by atoms with Gasteiger partial charge in [0.1, 0.15) is 5.75 Å². The van der Waals surface area contributed by atoms with Crippen molar-refractivity contribution < 1.29 is 22.6 Å². The van der Waals surface area contributed by atoms with Gasteiger partial charge >= 0.3 is 6.36 Å². The average molecular weight is 377 g/mol. The van der Waals surface area contributed by atoms with Crippen molar-refractivity contribution >= 4 is 33.9 Å². The number of thioether (sulfide) groups is 1. The molecule has 2 heterocycles. The third-order valence-corrected chi connectivity index (χ3v) is 5.27. The molecule has 10 heteroatoms. The number of benzene rings is 1. The second-order valence-electron chi connectivity index (χ2n) is 5.02. The Kier molecular flexibility index (Phi) is 5.47. The van der Waals surface area contributed by atoms with Gasteiger partial charge in [0.25, 0.3) is 0 Å². The zero-order chi connectivity index (χ0) is 17.0. The normalized spacial score (nSPS) is 17.9. The molecule has 1 atom stereocenters. The van der Waals surface area contributed by atoms with Crippen LogP contribution in [0.5, 0.6) is 5.75 Å². The van der Waals surface area contributed by atoms with Crippen LogP contribution in [0.3, 0.4) is 0 Å². The molecule has 130 valence electrons. The van der Waals surface area contributed by atoms with Crippen LogP contribution in [-0.4, -0.2) is 35.0 Å². The maximum absolute atomic E-state index is 12.1. The van der Waals surface area contributed by atoms with Crippen LogP contribution in [0.25, 0.3) is 0 Å². The number of halogens is 3. The van der Waals surface area contributed by atoms with Gasteiger partial charge in [-0.25, -0.2) is 0 Å². The van der Waals surface area contributed by atoms with Gasteiger partial charge in [-0.15, -0.1) is 23.4 Å². The first-order valence-electron chi connectivity index (χ1n) is 7.19. The minimum Gasteiger partial charge on any atom is -0.406 e. The van der Waals surface area contributed by atoms with E-state index in [1.165, 1.54) is 35.6 Å². The van der Waals surface area contributed by atoms with Gasteiger partial charge in [0, 0.05) is 18.0 Å². The summed E-state index contributed by atoms with van der Waals surface area (Å²) in [6.45, 7) is 0.822. The van der Waals surface area contributed by atoms with Crippen LogP contribution in [0.2, 0.25) is 0 Å². The summed E-state index contributed by atoms with van der Waals surface area (Å²) in [6.07, 6.45) is -2.24. The molecular weight excluding hydrogens is 363 g/mol. The van der Waals surface area contributed by atoms with E-state index < -0.39 is 6.36 Å². The van der Waals surface area contributed by atoms with E-state index in [2.05, 4.69) is 20.3 Å². The highest BCUT2D eigenvalue weighted by Gasteiger charge is 2.30. The second kappa shape index (κ2) is 7.58. The highest BCUT2D eigenvalue weighted by molar-refractivity contribution is 8.01. The summed E-state index contributed by atoms with van der Waals surface area (Å²) in [5.41, 5.74) is 0.608. The molecule has 5 nitrogen and oxygen atoms in total. The van der Waals surface area contributed by atoms with Gasteiger partial charge in [0.2, 0.25) is 5.13 Å². The summed E-state index contributed by atoms with van der Waals surface area (Å²) < 4.78 is 46.5. The molecule has 1 aromatic carbocycles. The molecule has 0 bridgehead atoms. The maximum atomic E-state index is 12.1. The lowest BCUT2D eigenvalue weighted by atomic mass is 10.3. The number of anilines is 2. The minimum absolute atomic E-state index is 0.266. The van der Waals surface area contributed by atoms with Gasteiger partial charge < -0.3 is 14.8 Å². The summed E-state index contributed by atoms with van der Waals surface area (Å²) in [5.74, 6) is 0.580. The first kappa shape index (κ1) is 17.3. The quantitative estimate of drug-likeness (QED) is 0.751. The summed E-state index contributed by atoms with van der Waals surface area (Å²) >= 11 is 2.98. The first-order chi connectivity index (χ1) is 11.5. The van der Waals surface area contributed by atoms with Gasteiger partial charge in [-0.05, 0) is 37.1 Å². The lowest BCUT2D eigenvalue weighted by Crippen LogP contribution is -2.16. The van der Waals surface area contributed by atoms with Gasteiger partial charge in [-0.3, -0.25) is 0 Å². The predicted molar refractivity (Wildman–Crippen MR) is 86.0 cm³/mol. The number of hydrogen-bond acceptors (Lipinski definition) is 7. The van der Waals surface area contributed by atoms with E-state index in [9.17, 15) is 13.2 Å². The van der Waals surface area contributed by atoms with E-state index in [0.717, 1.165) is 29.5 Å². The van der Waals surface area contributed by atoms with Crippen molar-refractivity contribution in [1.82, 2.24) is 10.2 Å². The van der Waals surface area contributed by atoms with Crippen LogP contribution in [0.1, 0.15) is 12.8 Å². The Labute approximate surface area is 144 Å². The molecule has 2 aromatic rings. The highest BCUT2D eigenvalue weighted by Crippen LogP contribution is 2.30. The number of ether oxygens (including phenoxy) is 2. The fourth-order valence-electron chi connectivity index (χ4n) is 2.12. The number of nitrogens with zero attached hydrogens (tertiary/aromatic N) is 2. The Morgan fingerprint density at radius 2 is 2.08 bits per heavy atom. The van der Waals surface area contributed by atoms with Crippen LogP contribution in [0.15, 0.2) is 28.6 Å². The maximum Gasteiger partial charge on any atom is 0.573 e. The van der Waals surface area contributed by atoms with Crippen molar-refractivity contribution in [3.8, 4) is 5.75 Å². The monoisotopic (exact) mass is 377 g/mol. The molecule has 1 aromatic heterocycles. The molecule has 3 rings (SSSR count). The Bertz CT molecular complexity index is 658. The molecule has 0 aliphatic carbocycles. The summed E-state index contributed by atoms with van der Waals surface area (Å²) in [6, 6.07) is 5.46. The fraction of sp³-hybridized carbons (Fsp3) is 0.429. The lowest BCUT2D eigenvalue weighted by Gasteiger charge is -2.09. The van der Waals surface area contributed by atoms with E-state index in [1.54, 1.807) is 11.8 Å². The van der Waals surface area contributed by atoms with Crippen LogP contribution in [0.4, 0.5) is 24.0 Å². The number of nitrogens with one attached hydrogen (secondary N) is 1. The first-order valence-corrected chi connectivity index (χ1v) is 8.99. The van der Waals surface area contributed by atoms with Crippen molar-refractivity contribution in [2.75, 3.05) is 17.7 Å². The van der Waals surface area contributed by atoms with Crippen molar-refractivity contribution in [2.45, 2.75) is 29.6 Å². The zero-order valence-electron chi connectivity index (χ0n) is 12.4. The van der Waals surface area contributed by atoms with Crippen molar-refractivity contribution in [3.63, 3.8) is 0 Å². The molecule has 1 fully saturated rings. The molecule has 1 aliphatic heterocycles. The third kappa shape index (κ3) is 5.25. The van der Waals surface area contributed by atoms with Gasteiger partial charge in [0.05, 0.1) is 6.10 Å². The molecule has 1 saturated heterocycles. The highest BCUT2D eigenvalue weighted by atomic mass is 32.2. The van der Waals surface area contributed by atoms with Crippen LogP contribution in [-0.2, 0) is 4.74 Å². The second-order valence-corrected chi connectivity index (χ2v) is 7.26.